The third kappa shape index (κ3) is 3.33. The van der Waals surface area contributed by atoms with Gasteiger partial charge in [-0.05, 0) is 23.6 Å². The highest BCUT2D eigenvalue weighted by Gasteiger charge is 2.32. The number of ether oxygens (including phenoxy) is 1. The molecule has 0 atom stereocenters. The summed E-state index contributed by atoms with van der Waals surface area (Å²) in [6, 6.07) is 14.5. The van der Waals surface area contributed by atoms with Crippen LogP contribution in [-0.2, 0) is 15.4 Å². The molecule has 0 bridgehead atoms. The first-order valence-corrected chi connectivity index (χ1v) is 10.0. The van der Waals surface area contributed by atoms with Crippen LogP contribution in [0.5, 0.6) is 5.75 Å². The molecule has 0 N–H and O–H groups in total. The summed E-state index contributed by atoms with van der Waals surface area (Å²) < 4.78 is 33.4. The molecule has 0 radical (unpaired) electrons. The summed E-state index contributed by atoms with van der Waals surface area (Å²) >= 11 is 0. The van der Waals surface area contributed by atoms with Crippen molar-refractivity contribution in [3.63, 3.8) is 0 Å². The van der Waals surface area contributed by atoms with E-state index in [-0.39, 0.29) is 10.3 Å². The van der Waals surface area contributed by atoms with Crippen molar-refractivity contribution in [2.75, 3.05) is 20.2 Å². The van der Waals surface area contributed by atoms with Gasteiger partial charge in [0.2, 0.25) is 0 Å². The van der Waals surface area contributed by atoms with Crippen molar-refractivity contribution in [1.29, 1.82) is 0 Å². The van der Waals surface area contributed by atoms with Gasteiger partial charge >= 0.3 is 0 Å². The molecule has 2 aromatic rings. The summed E-state index contributed by atoms with van der Waals surface area (Å²) in [4.78, 5) is 4.68. The Hall–Kier alpha value is -2.34. The topological polar surface area (TPSA) is 59.0 Å². The van der Waals surface area contributed by atoms with Crippen LogP contribution in [0.15, 0.2) is 58.4 Å². The Morgan fingerprint density at radius 3 is 2.38 bits per heavy atom. The number of benzene rings is 2. The summed E-state index contributed by atoms with van der Waals surface area (Å²) in [5.41, 5.74) is 1.43. The van der Waals surface area contributed by atoms with Gasteiger partial charge in [-0.15, -0.1) is 0 Å². The maximum atomic E-state index is 13.3. The molecule has 138 valence electrons. The second-order valence-electron chi connectivity index (χ2n) is 7.26. The summed E-state index contributed by atoms with van der Waals surface area (Å²) in [6.45, 7) is 6.92. The van der Waals surface area contributed by atoms with Crippen LogP contribution in [0.1, 0.15) is 31.9 Å². The van der Waals surface area contributed by atoms with Crippen molar-refractivity contribution in [2.24, 2.45) is 4.99 Å². The molecule has 6 heteroatoms. The maximum absolute atomic E-state index is 13.3. The van der Waals surface area contributed by atoms with Gasteiger partial charge < -0.3 is 4.74 Å². The van der Waals surface area contributed by atoms with Gasteiger partial charge in [0.25, 0.3) is 10.0 Å². The molecule has 2 aromatic carbocycles. The van der Waals surface area contributed by atoms with Crippen molar-refractivity contribution in [1.82, 2.24) is 4.31 Å². The van der Waals surface area contributed by atoms with Crippen LogP contribution < -0.4 is 4.74 Å². The van der Waals surface area contributed by atoms with Gasteiger partial charge in [-0.1, -0.05) is 51.1 Å². The lowest BCUT2D eigenvalue weighted by molar-refractivity contribution is 0.397. The molecule has 0 aliphatic carbocycles. The van der Waals surface area contributed by atoms with E-state index in [1.54, 1.807) is 25.3 Å². The third-order valence-corrected chi connectivity index (χ3v) is 6.19. The minimum absolute atomic E-state index is 0.238. The lowest BCUT2D eigenvalue weighted by atomic mass is 9.86. The maximum Gasteiger partial charge on any atom is 0.265 e. The van der Waals surface area contributed by atoms with Crippen LogP contribution in [-0.4, -0.2) is 38.8 Å². The van der Waals surface area contributed by atoms with Crippen molar-refractivity contribution < 1.29 is 13.2 Å². The molecule has 1 aliphatic rings. The van der Waals surface area contributed by atoms with E-state index in [0.717, 1.165) is 11.1 Å². The number of aliphatic imine (C=N–C) groups is 1. The largest absolute Gasteiger partial charge is 0.496 e. The van der Waals surface area contributed by atoms with Crippen molar-refractivity contribution in [3.05, 3.63) is 59.7 Å². The van der Waals surface area contributed by atoms with Crippen molar-refractivity contribution >= 4 is 15.9 Å². The molecule has 1 heterocycles. The molecule has 0 amide bonds. The van der Waals surface area contributed by atoms with Gasteiger partial charge in [-0.3, -0.25) is 4.99 Å². The first-order chi connectivity index (χ1) is 12.2. The van der Waals surface area contributed by atoms with E-state index in [2.05, 4.69) is 4.99 Å². The fraction of sp³-hybridized carbons (Fsp3) is 0.350. The van der Waals surface area contributed by atoms with Crippen LogP contribution in [0.25, 0.3) is 0 Å². The Labute approximate surface area is 155 Å². The van der Waals surface area contributed by atoms with E-state index < -0.39 is 10.0 Å². The zero-order valence-electron chi connectivity index (χ0n) is 15.6. The normalized spacial score (nSPS) is 15.1. The number of hydrogen-bond acceptors (Lipinski definition) is 4. The van der Waals surface area contributed by atoms with E-state index in [0.29, 0.717) is 24.7 Å². The quantitative estimate of drug-likeness (QED) is 0.826. The number of rotatable bonds is 4. The average Bonchev–Trinajstić information content (AvgIpc) is 3.12. The predicted octanol–water partition coefficient (Wildman–Crippen LogP) is 3.44. The summed E-state index contributed by atoms with van der Waals surface area (Å²) in [6.07, 6.45) is 0. The highest BCUT2D eigenvalue weighted by molar-refractivity contribution is 7.89. The predicted molar refractivity (Wildman–Crippen MR) is 103 cm³/mol. The van der Waals surface area contributed by atoms with Crippen molar-refractivity contribution in [2.45, 2.75) is 31.1 Å². The van der Waals surface area contributed by atoms with Crippen LogP contribution in [0, 0.1) is 0 Å². The van der Waals surface area contributed by atoms with Crippen LogP contribution in [0.3, 0.4) is 0 Å². The Kier molecular flexibility index (Phi) is 4.80. The smallest absolute Gasteiger partial charge is 0.265 e. The molecular formula is C20H24N2O3S. The molecule has 1 aliphatic heterocycles. The molecule has 3 rings (SSSR count). The molecule has 0 saturated heterocycles. The van der Waals surface area contributed by atoms with Crippen LogP contribution in [0.4, 0.5) is 0 Å². The van der Waals surface area contributed by atoms with Gasteiger partial charge in [0.15, 0.2) is 0 Å². The Morgan fingerprint density at radius 2 is 1.77 bits per heavy atom. The van der Waals surface area contributed by atoms with E-state index in [9.17, 15) is 8.42 Å². The minimum atomic E-state index is -3.70. The highest BCUT2D eigenvalue weighted by Crippen LogP contribution is 2.34. The third-order valence-electron chi connectivity index (χ3n) is 4.40. The molecule has 0 saturated carbocycles. The number of nitrogens with zero attached hydrogens (tertiary/aromatic N) is 2. The fourth-order valence-corrected chi connectivity index (χ4v) is 4.52. The second-order valence-corrected chi connectivity index (χ2v) is 9.12. The van der Waals surface area contributed by atoms with Crippen LogP contribution >= 0.6 is 0 Å². The molecule has 0 spiro atoms. The summed E-state index contributed by atoms with van der Waals surface area (Å²) in [5.74, 6) is 1.19. The molecule has 5 nitrogen and oxygen atoms in total. The molecule has 0 fully saturated rings. The first kappa shape index (κ1) is 18.5. The van der Waals surface area contributed by atoms with E-state index >= 15 is 0 Å². The van der Waals surface area contributed by atoms with Gasteiger partial charge in [-0.25, -0.2) is 12.7 Å². The highest BCUT2D eigenvalue weighted by atomic mass is 32.2. The average molecular weight is 372 g/mol. The molecule has 0 aromatic heterocycles. The summed E-state index contributed by atoms with van der Waals surface area (Å²) in [7, 11) is -2.10. The number of amidine groups is 1. The van der Waals surface area contributed by atoms with E-state index in [1.165, 1.54) is 4.31 Å². The monoisotopic (exact) mass is 372 g/mol. The van der Waals surface area contributed by atoms with Crippen LogP contribution in [0.2, 0.25) is 0 Å². The lowest BCUT2D eigenvalue weighted by Crippen LogP contribution is -2.35. The molecule has 0 unspecified atom stereocenters. The Balaban J connectivity index is 2.05. The summed E-state index contributed by atoms with van der Waals surface area (Å²) in [5, 5.41) is 0. The zero-order chi connectivity index (χ0) is 18.9. The van der Waals surface area contributed by atoms with Gasteiger partial charge in [-0.2, -0.15) is 0 Å². The Bertz CT molecular complexity index is 929. The standard InChI is InChI=1S/C20H24N2O3S/c1-20(2,3)17-14-16(10-11-18(17)25-4)26(23,24)22-13-12-21-19(22)15-8-6-5-7-9-15/h5-11,14H,12-13H2,1-4H3. The van der Waals surface area contributed by atoms with E-state index in [4.69, 9.17) is 4.74 Å². The number of hydrogen-bond donors (Lipinski definition) is 0. The lowest BCUT2D eigenvalue weighted by Gasteiger charge is -2.25. The molecular weight excluding hydrogens is 348 g/mol. The fourth-order valence-electron chi connectivity index (χ4n) is 3.05. The SMILES string of the molecule is COc1ccc(S(=O)(=O)N2CCN=C2c2ccccc2)cc1C(C)(C)C. The van der Waals surface area contributed by atoms with Gasteiger partial charge in [0.1, 0.15) is 11.6 Å². The molecule has 26 heavy (non-hydrogen) atoms. The second kappa shape index (κ2) is 6.76. The van der Waals surface area contributed by atoms with Gasteiger partial charge in [0, 0.05) is 11.1 Å². The Morgan fingerprint density at radius 1 is 1.08 bits per heavy atom. The van der Waals surface area contributed by atoms with Gasteiger partial charge in [0.05, 0.1) is 25.1 Å². The zero-order valence-corrected chi connectivity index (χ0v) is 16.4. The van der Waals surface area contributed by atoms with Crippen molar-refractivity contribution in [3.8, 4) is 5.75 Å². The first-order valence-electron chi connectivity index (χ1n) is 8.56. The number of methoxy groups -OCH3 is 1. The minimum Gasteiger partial charge on any atom is -0.496 e. The van der Waals surface area contributed by atoms with E-state index in [1.807, 2.05) is 51.1 Å². The number of sulfonamides is 1.